The smallest absolute Gasteiger partial charge is 0.435 e. The molecule has 0 aliphatic heterocycles. The van der Waals surface area contributed by atoms with Crippen LogP contribution in [0.2, 0.25) is 0 Å². The third kappa shape index (κ3) is 4.83. The summed E-state index contributed by atoms with van der Waals surface area (Å²) in [7, 11) is 0. The lowest BCUT2D eigenvalue weighted by molar-refractivity contribution is 0.0368. The molecule has 0 bridgehead atoms. The number of ether oxygens (including phenoxy) is 2. The molecule has 1 aliphatic carbocycles. The number of rotatable bonds is 2. The first-order chi connectivity index (χ1) is 7.22. The van der Waals surface area contributed by atoms with Gasteiger partial charge in [-0.15, -0.1) is 0 Å². The highest BCUT2D eigenvalue weighted by atomic mass is 16.7. The largest absolute Gasteiger partial charge is 0.508 e. The third-order valence-electron chi connectivity index (χ3n) is 2.39. The molecule has 0 saturated carbocycles. The Kier molecular flexibility index (Phi) is 5.18. The molecule has 1 rings (SSSR count). The van der Waals surface area contributed by atoms with Crippen LogP contribution in [-0.4, -0.2) is 24.9 Å². The maximum Gasteiger partial charge on any atom is 0.508 e. The van der Waals surface area contributed by atoms with Gasteiger partial charge >= 0.3 is 6.16 Å². The van der Waals surface area contributed by atoms with Gasteiger partial charge in [-0.05, 0) is 38.7 Å². The predicted molar refractivity (Wildman–Crippen MR) is 57.5 cm³/mol. The highest BCUT2D eigenvalue weighted by Crippen LogP contribution is 2.14. The van der Waals surface area contributed by atoms with Gasteiger partial charge < -0.3 is 15.2 Å². The fourth-order valence-electron chi connectivity index (χ4n) is 1.55. The molecule has 0 spiro atoms. The minimum Gasteiger partial charge on any atom is -0.435 e. The van der Waals surface area contributed by atoms with Crippen LogP contribution in [0, 0.1) is 0 Å². The van der Waals surface area contributed by atoms with Gasteiger partial charge in [0.15, 0.2) is 0 Å². The van der Waals surface area contributed by atoms with Gasteiger partial charge in [-0.2, -0.15) is 0 Å². The average Bonchev–Trinajstić information content (AvgIpc) is 2.17. The molecule has 1 aliphatic rings. The molecule has 0 aromatic heterocycles. The van der Waals surface area contributed by atoms with Crippen LogP contribution in [0.1, 0.15) is 32.6 Å². The SMILES string of the molecule is CCOC(=O)OC1/C=C/CCC(N)CC1. The van der Waals surface area contributed by atoms with Crippen LogP contribution >= 0.6 is 0 Å². The van der Waals surface area contributed by atoms with E-state index in [4.69, 9.17) is 15.2 Å². The first-order valence-electron chi connectivity index (χ1n) is 5.48. The molecule has 0 aromatic rings. The normalized spacial score (nSPS) is 28.7. The summed E-state index contributed by atoms with van der Waals surface area (Å²) in [5.41, 5.74) is 5.85. The van der Waals surface area contributed by atoms with Crippen molar-refractivity contribution in [2.24, 2.45) is 5.73 Å². The zero-order valence-corrected chi connectivity index (χ0v) is 9.15. The van der Waals surface area contributed by atoms with Crippen molar-refractivity contribution in [2.45, 2.75) is 44.8 Å². The zero-order valence-electron chi connectivity index (χ0n) is 9.15. The predicted octanol–water partition coefficient (Wildman–Crippen LogP) is 1.99. The summed E-state index contributed by atoms with van der Waals surface area (Å²) in [5.74, 6) is 0. The van der Waals surface area contributed by atoms with Crippen LogP contribution < -0.4 is 5.73 Å². The molecule has 0 fully saturated rings. The molecule has 2 unspecified atom stereocenters. The Balaban J connectivity index is 2.38. The molecule has 4 heteroatoms. The van der Waals surface area contributed by atoms with Crippen molar-refractivity contribution in [1.82, 2.24) is 0 Å². The van der Waals surface area contributed by atoms with E-state index in [1.165, 1.54) is 0 Å². The number of carbonyl (C=O) groups excluding carboxylic acids is 1. The van der Waals surface area contributed by atoms with E-state index in [9.17, 15) is 4.79 Å². The second-order valence-electron chi connectivity index (χ2n) is 3.68. The van der Waals surface area contributed by atoms with Crippen LogP contribution in [0.5, 0.6) is 0 Å². The van der Waals surface area contributed by atoms with E-state index in [1.807, 2.05) is 12.2 Å². The molecule has 15 heavy (non-hydrogen) atoms. The zero-order chi connectivity index (χ0) is 11.1. The maximum atomic E-state index is 11.1. The molecule has 0 aromatic carbocycles. The third-order valence-corrected chi connectivity index (χ3v) is 2.39. The van der Waals surface area contributed by atoms with Gasteiger partial charge in [-0.3, -0.25) is 0 Å². The molecular formula is C11H19NO3. The number of nitrogens with two attached hydrogens (primary N) is 1. The Morgan fingerprint density at radius 1 is 1.47 bits per heavy atom. The van der Waals surface area contributed by atoms with Gasteiger partial charge in [0, 0.05) is 6.04 Å². The van der Waals surface area contributed by atoms with Crippen molar-refractivity contribution in [2.75, 3.05) is 6.61 Å². The van der Waals surface area contributed by atoms with Crippen LogP contribution in [0.4, 0.5) is 4.79 Å². The molecule has 0 saturated heterocycles. The summed E-state index contributed by atoms with van der Waals surface area (Å²) in [4.78, 5) is 11.1. The Morgan fingerprint density at radius 3 is 3.00 bits per heavy atom. The van der Waals surface area contributed by atoms with Crippen molar-refractivity contribution < 1.29 is 14.3 Å². The van der Waals surface area contributed by atoms with Crippen LogP contribution in [-0.2, 0) is 9.47 Å². The molecule has 0 amide bonds. The van der Waals surface area contributed by atoms with Gasteiger partial charge in [0.1, 0.15) is 6.10 Å². The fraction of sp³-hybridized carbons (Fsp3) is 0.727. The Labute approximate surface area is 90.4 Å². The molecular weight excluding hydrogens is 194 g/mol. The van der Waals surface area contributed by atoms with Crippen molar-refractivity contribution in [3.8, 4) is 0 Å². The van der Waals surface area contributed by atoms with E-state index >= 15 is 0 Å². The van der Waals surface area contributed by atoms with E-state index in [-0.39, 0.29) is 12.1 Å². The monoisotopic (exact) mass is 213 g/mol. The maximum absolute atomic E-state index is 11.1. The number of hydrogen-bond donors (Lipinski definition) is 1. The van der Waals surface area contributed by atoms with Crippen LogP contribution in [0.3, 0.4) is 0 Å². The van der Waals surface area contributed by atoms with Gasteiger partial charge in [-0.25, -0.2) is 4.79 Å². The summed E-state index contributed by atoms with van der Waals surface area (Å²) >= 11 is 0. The lowest BCUT2D eigenvalue weighted by Gasteiger charge is -2.18. The molecule has 2 atom stereocenters. The van der Waals surface area contributed by atoms with Crippen molar-refractivity contribution >= 4 is 6.16 Å². The van der Waals surface area contributed by atoms with Gasteiger partial charge in [0.2, 0.25) is 0 Å². The molecule has 0 heterocycles. The summed E-state index contributed by atoms with van der Waals surface area (Å²) in [6, 6.07) is 0.211. The number of hydrogen-bond acceptors (Lipinski definition) is 4. The topological polar surface area (TPSA) is 61.5 Å². The number of allylic oxidation sites excluding steroid dienone is 1. The van der Waals surface area contributed by atoms with Gasteiger partial charge in [0.05, 0.1) is 6.61 Å². The van der Waals surface area contributed by atoms with Crippen LogP contribution in [0.25, 0.3) is 0 Å². The molecule has 86 valence electrons. The van der Waals surface area contributed by atoms with E-state index in [1.54, 1.807) is 6.92 Å². The summed E-state index contributed by atoms with van der Waals surface area (Å²) in [6.07, 6.45) is 6.76. The Hall–Kier alpha value is -1.03. The van der Waals surface area contributed by atoms with Crippen molar-refractivity contribution in [3.63, 3.8) is 0 Å². The Bertz CT molecular complexity index is 228. The second kappa shape index (κ2) is 6.45. The highest BCUT2D eigenvalue weighted by molar-refractivity contribution is 5.60. The minimum absolute atomic E-state index is 0.185. The molecule has 4 nitrogen and oxygen atoms in total. The lowest BCUT2D eigenvalue weighted by Crippen LogP contribution is -2.25. The lowest BCUT2D eigenvalue weighted by atomic mass is 10.0. The van der Waals surface area contributed by atoms with Gasteiger partial charge in [-0.1, -0.05) is 6.08 Å². The highest BCUT2D eigenvalue weighted by Gasteiger charge is 2.15. The summed E-state index contributed by atoms with van der Waals surface area (Å²) in [5, 5.41) is 0. The first-order valence-corrected chi connectivity index (χ1v) is 5.48. The minimum atomic E-state index is -0.596. The molecule has 0 radical (unpaired) electrons. The van der Waals surface area contributed by atoms with Crippen LogP contribution in [0.15, 0.2) is 12.2 Å². The summed E-state index contributed by atoms with van der Waals surface area (Å²) in [6.45, 7) is 2.10. The van der Waals surface area contributed by atoms with E-state index < -0.39 is 6.16 Å². The quantitative estimate of drug-likeness (QED) is 0.563. The number of carbonyl (C=O) groups is 1. The average molecular weight is 213 g/mol. The van der Waals surface area contributed by atoms with E-state index in [2.05, 4.69) is 0 Å². The summed E-state index contributed by atoms with van der Waals surface area (Å²) < 4.78 is 9.83. The fourth-order valence-corrected chi connectivity index (χ4v) is 1.55. The van der Waals surface area contributed by atoms with Crippen molar-refractivity contribution in [3.05, 3.63) is 12.2 Å². The molecule has 2 N–H and O–H groups in total. The van der Waals surface area contributed by atoms with Crippen molar-refractivity contribution in [1.29, 1.82) is 0 Å². The first kappa shape index (κ1) is 12.0. The standard InChI is InChI=1S/C11H19NO3/c1-2-14-11(13)15-10-6-4-3-5-9(12)7-8-10/h4,6,9-10H,2-3,5,7-8,12H2,1H3/b6-4+. The van der Waals surface area contributed by atoms with E-state index in [0.717, 1.165) is 25.7 Å². The van der Waals surface area contributed by atoms with Gasteiger partial charge in [0.25, 0.3) is 0 Å². The van der Waals surface area contributed by atoms with E-state index in [0.29, 0.717) is 6.61 Å². The Morgan fingerprint density at radius 2 is 2.27 bits per heavy atom. The second-order valence-corrected chi connectivity index (χ2v) is 3.68.